The Labute approximate surface area is 99.0 Å². The Morgan fingerprint density at radius 1 is 1.50 bits per heavy atom. The van der Waals surface area contributed by atoms with E-state index < -0.39 is 17.2 Å². The van der Waals surface area contributed by atoms with Crippen LogP contribution < -0.4 is 0 Å². The van der Waals surface area contributed by atoms with Crippen LogP contribution in [0.15, 0.2) is 12.1 Å². The topological polar surface area (TPSA) is 37.3 Å². The molecule has 2 nitrogen and oxygen atoms in total. The first kappa shape index (κ1) is 13.0. The number of hydrogen-bond acceptors (Lipinski definition) is 1. The van der Waals surface area contributed by atoms with Crippen molar-refractivity contribution in [1.82, 2.24) is 0 Å². The third-order valence-electron chi connectivity index (χ3n) is 2.54. The van der Waals surface area contributed by atoms with Crippen molar-refractivity contribution in [3.05, 3.63) is 34.1 Å². The predicted molar refractivity (Wildman–Crippen MR) is 61.3 cm³/mol. The molecular weight excluding hydrogens is 231 g/mol. The summed E-state index contributed by atoms with van der Waals surface area (Å²) in [6, 6.07) is 2.83. The number of aliphatic carboxylic acids is 1. The van der Waals surface area contributed by atoms with E-state index in [1.165, 1.54) is 12.1 Å². The second-order valence-corrected chi connectivity index (χ2v) is 4.97. The maximum absolute atomic E-state index is 13.6. The minimum absolute atomic E-state index is 0.119. The normalized spacial score (nSPS) is 11.6. The van der Waals surface area contributed by atoms with Crippen molar-refractivity contribution in [2.75, 3.05) is 0 Å². The Bertz CT molecular complexity index is 427. The Morgan fingerprint density at radius 3 is 2.56 bits per heavy atom. The molecular formula is C12H14ClFO2. The first-order valence-corrected chi connectivity index (χ1v) is 5.30. The molecule has 0 saturated carbocycles. The number of carboxylic acids is 1. The molecule has 0 aromatic heterocycles. The van der Waals surface area contributed by atoms with Gasteiger partial charge in [-0.05, 0) is 50.5 Å². The average Bonchev–Trinajstić information content (AvgIpc) is 2.13. The van der Waals surface area contributed by atoms with Gasteiger partial charge in [0.25, 0.3) is 0 Å². The fourth-order valence-electron chi connectivity index (χ4n) is 1.37. The first-order chi connectivity index (χ1) is 7.24. The van der Waals surface area contributed by atoms with Crippen molar-refractivity contribution < 1.29 is 14.3 Å². The molecule has 0 amide bonds. The van der Waals surface area contributed by atoms with E-state index in [1.807, 2.05) is 0 Å². The van der Waals surface area contributed by atoms with Crippen molar-refractivity contribution in [2.45, 2.75) is 27.2 Å². The molecule has 0 unspecified atom stereocenters. The van der Waals surface area contributed by atoms with Crippen molar-refractivity contribution in [3.8, 4) is 0 Å². The Balaban J connectivity index is 3.07. The lowest BCUT2D eigenvalue weighted by Crippen LogP contribution is -2.26. The van der Waals surface area contributed by atoms with Gasteiger partial charge in [0, 0.05) is 5.02 Å². The summed E-state index contributed by atoms with van der Waals surface area (Å²) in [7, 11) is 0. The van der Waals surface area contributed by atoms with Crippen LogP contribution in [0.25, 0.3) is 0 Å². The van der Waals surface area contributed by atoms with E-state index in [1.54, 1.807) is 20.8 Å². The van der Waals surface area contributed by atoms with Crippen LogP contribution in [-0.4, -0.2) is 11.1 Å². The summed E-state index contributed by atoms with van der Waals surface area (Å²) < 4.78 is 13.6. The van der Waals surface area contributed by atoms with E-state index in [9.17, 15) is 9.18 Å². The Kier molecular flexibility index (Phi) is 3.58. The number of benzene rings is 1. The van der Waals surface area contributed by atoms with Crippen LogP contribution in [0.3, 0.4) is 0 Å². The summed E-state index contributed by atoms with van der Waals surface area (Å²) in [4.78, 5) is 10.9. The second-order valence-electron chi connectivity index (χ2n) is 4.56. The lowest BCUT2D eigenvalue weighted by Gasteiger charge is -2.19. The molecule has 1 aromatic rings. The fraction of sp³-hybridized carbons (Fsp3) is 0.417. The molecule has 0 heterocycles. The minimum atomic E-state index is -1.00. The van der Waals surface area contributed by atoms with Crippen LogP contribution in [0.4, 0.5) is 4.39 Å². The quantitative estimate of drug-likeness (QED) is 0.884. The number of aryl methyl sites for hydroxylation is 1. The SMILES string of the molecule is Cc1cc(F)c(CC(C)(C)C(=O)O)cc1Cl. The largest absolute Gasteiger partial charge is 0.481 e. The van der Waals surface area contributed by atoms with Gasteiger partial charge in [0.05, 0.1) is 5.41 Å². The molecule has 0 fully saturated rings. The van der Waals surface area contributed by atoms with Crippen molar-refractivity contribution in [3.63, 3.8) is 0 Å². The molecule has 0 aliphatic rings. The molecule has 0 aliphatic carbocycles. The second kappa shape index (κ2) is 4.42. The van der Waals surface area contributed by atoms with Crippen LogP contribution in [0.1, 0.15) is 25.0 Å². The highest BCUT2D eigenvalue weighted by atomic mass is 35.5. The smallest absolute Gasteiger partial charge is 0.309 e. The van der Waals surface area contributed by atoms with Gasteiger partial charge in [0.15, 0.2) is 0 Å². The molecule has 0 radical (unpaired) electrons. The molecule has 0 saturated heterocycles. The van der Waals surface area contributed by atoms with Gasteiger partial charge in [-0.15, -0.1) is 0 Å². The summed E-state index contributed by atoms with van der Waals surface area (Å²) in [6.45, 7) is 4.82. The molecule has 1 N–H and O–H groups in total. The number of carboxylic acid groups (broad SMARTS) is 1. The van der Waals surface area contributed by atoms with Crippen LogP contribution >= 0.6 is 11.6 Å². The fourth-order valence-corrected chi connectivity index (χ4v) is 1.56. The zero-order chi connectivity index (χ0) is 12.5. The molecule has 88 valence electrons. The van der Waals surface area contributed by atoms with Gasteiger partial charge in [0.1, 0.15) is 5.82 Å². The van der Waals surface area contributed by atoms with Gasteiger partial charge in [-0.1, -0.05) is 11.6 Å². The number of rotatable bonds is 3. The van der Waals surface area contributed by atoms with Gasteiger partial charge in [-0.2, -0.15) is 0 Å². The summed E-state index contributed by atoms with van der Waals surface area (Å²) in [6.07, 6.45) is 0.119. The minimum Gasteiger partial charge on any atom is -0.481 e. The number of halogens is 2. The van der Waals surface area contributed by atoms with Crippen molar-refractivity contribution >= 4 is 17.6 Å². The van der Waals surface area contributed by atoms with Crippen LogP contribution in [0.2, 0.25) is 5.02 Å². The molecule has 0 bridgehead atoms. The summed E-state index contributed by atoms with van der Waals surface area (Å²) in [5, 5.41) is 9.42. The molecule has 1 rings (SSSR count). The average molecular weight is 245 g/mol. The molecule has 0 atom stereocenters. The lowest BCUT2D eigenvalue weighted by molar-refractivity contribution is -0.146. The van der Waals surface area contributed by atoms with Crippen LogP contribution in [0, 0.1) is 18.2 Å². The molecule has 0 aliphatic heterocycles. The van der Waals surface area contributed by atoms with Gasteiger partial charge in [-0.25, -0.2) is 4.39 Å². The van der Waals surface area contributed by atoms with E-state index in [0.717, 1.165) is 0 Å². The van der Waals surface area contributed by atoms with Crippen molar-refractivity contribution in [1.29, 1.82) is 0 Å². The maximum Gasteiger partial charge on any atom is 0.309 e. The Hall–Kier alpha value is -1.09. The highest BCUT2D eigenvalue weighted by molar-refractivity contribution is 6.31. The van der Waals surface area contributed by atoms with Gasteiger partial charge in [0.2, 0.25) is 0 Å². The van der Waals surface area contributed by atoms with E-state index in [4.69, 9.17) is 16.7 Å². The van der Waals surface area contributed by atoms with Gasteiger partial charge in [-0.3, -0.25) is 4.79 Å². The van der Waals surface area contributed by atoms with Crippen molar-refractivity contribution in [2.24, 2.45) is 5.41 Å². The first-order valence-electron chi connectivity index (χ1n) is 4.92. The van der Waals surface area contributed by atoms with Crippen LogP contribution in [-0.2, 0) is 11.2 Å². The van der Waals surface area contributed by atoms with E-state index in [2.05, 4.69) is 0 Å². The number of carbonyl (C=O) groups is 1. The molecule has 4 heteroatoms. The third kappa shape index (κ3) is 2.73. The summed E-state index contributed by atoms with van der Waals surface area (Å²) in [5.74, 6) is -1.36. The zero-order valence-electron chi connectivity index (χ0n) is 9.47. The highest BCUT2D eigenvalue weighted by Gasteiger charge is 2.28. The third-order valence-corrected chi connectivity index (χ3v) is 2.95. The molecule has 1 aromatic carbocycles. The standard InChI is InChI=1S/C12H14ClFO2/c1-7-4-10(14)8(5-9(7)13)6-12(2,3)11(15)16/h4-5H,6H2,1-3H3,(H,15,16). The monoisotopic (exact) mass is 244 g/mol. The van der Waals surface area contributed by atoms with E-state index >= 15 is 0 Å². The van der Waals surface area contributed by atoms with E-state index in [-0.39, 0.29) is 6.42 Å². The zero-order valence-corrected chi connectivity index (χ0v) is 10.2. The number of hydrogen-bond donors (Lipinski definition) is 1. The van der Waals surface area contributed by atoms with Crippen LogP contribution in [0.5, 0.6) is 0 Å². The van der Waals surface area contributed by atoms with Gasteiger partial charge >= 0.3 is 5.97 Å². The predicted octanol–water partition coefficient (Wildman–Crippen LogP) is 3.44. The maximum atomic E-state index is 13.6. The summed E-state index contributed by atoms with van der Waals surface area (Å²) >= 11 is 5.88. The highest BCUT2D eigenvalue weighted by Crippen LogP contribution is 2.27. The van der Waals surface area contributed by atoms with E-state index in [0.29, 0.717) is 16.1 Å². The Morgan fingerprint density at radius 2 is 2.06 bits per heavy atom. The molecule has 16 heavy (non-hydrogen) atoms. The lowest BCUT2D eigenvalue weighted by atomic mass is 9.85. The van der Waals surface area contributed by atoms with Gasteiger partial charge < -0.3 is 5.11 Å². The molecule has 0 spiro atoms. The summed E-state index contributed by atoms with van der Waals surface area (Å²) in [5.41, 5.74) is -0.0153.